The minimum absolute atomic E-state index is 0.202. The normalized spacial score (nSPS) is 8.83. The highest BCUT2D eigenvalue weighted by atomic mass is 19.1. The third-order valence-electron chi connectivity index (χ3n) is 1.36. The number of hydrogen-bond donors (Lipinski definition) is 2. The summed E-state index contributed by atoms with van der Waals surface area (Å²) >= 11 is 0. The number of nitrogens with two attached hydrogens (primary N) is 2. The molecule has 0 saturated heterocycles. The maximum absolute atomic E-state index is 13.0. The van der Waals surface area contributed by atoms with Crippen LogP contribution in [0.15, 0.2) is 18.2 Å². The zero-order valence-electron chi connectivity index (χ0n) is 6.47. The average Bonchev–Trinajstić information content (AvgIpc) is 2.04. The molecular weight excluding hydrogens is 155 g/mol. The summed E-state index contributed by atoms with van der Waals surface area (Å²) in [6.45, 7) is 0.202. The van der Waals surface area contributed by atoms with Crippen LogP contribution in [0, 0.1) is 17.7 Å². The molecule has 0 bridgehead atoms. The molecule has 0 aliphatic carbocycles. The summed E-state index contributed by atoms with van der Waals surface area (Å²) < 4.78 is 13.0. The fraction of sp³-hybridized carbons (Fsp3) is 0.111. The number of anilines is 1. The Morgan fingerprint density at radius 2 is 2.17 bits per heavy atom. The fourth-order valence-electron chi connectivity index (χ4n) is 0.812. The van der Waals surface area contributed by atoms with E-state index in [0.717, 1.165) is 0 Å². The molecule has 1 aromatic carbocycles. The summed E-state index contributed by atoms with van der Waals surface area (Å²) in [5.41, 5.74) is 11.2. The van der Waals surface area contributed by atoms with Gasteiger partial charge in [0.1, 0.15) is 5.82 Å². The molecule has 0 amide bonds. The Labute approximate surface area is 70.4 Å². The monoisotopic (exact) mass is 164 g/mol. The summed E-state index contributed by atoms with van der Waals surface area (Å²) in [6, 6.07) is 4.46. The van der Waals surface area contributed by atoms with Gasteiger partial charge < -0.3 is 11.5 Å². The summed E-state index contributed by atoms with van der Waals surface area (Å²) in [7, 11) is 0. The minimum Gasteiger partial charge on any atom is -0.398 e. The van der Waals surface area contributed by atoms with Crippen LogP contribution >= 0.6 is 0 Å². The second-order valence-electron chi connectivity index (χ2n) is 2.21. The van der Waals surface area contributed by atoms with E-state index in [1.807, 2.05) is 0 Å². The Balaban J connectivity index is 3.13. The van der Waals surface area contributed by atoms with Crippen LogP contribution < -0.4 is 11.5 Å². The maximum atomic E-state index is 13.0. The van der Waals surface area contributed by atoms with Crippen LogP contribution in [0.4, 0.5) is 10.1 Å². The lowest BCUT2D eigenvalue weighted by molar-refractivity contribution is 0.625. The van der Waals surface area contributed by atoms with Crippen molar-refractivity contribution < 1.29 is 4.39 Å². The van der Waals surface area contributed by atoms with Gasteiger partial charge in [-0.15, -0.1) is 0 Å². The van der Waals surface area contributed by atoms with E-state index in [4.69, 9.17) is 11.5 Å². The smallest absolute Gasteiger partial charge is 0.140 e. The van der Waals surface area contributed by atoms with Crippen LogP contribution in [-0.4, -0.2) is 6.54 Å². The summed E-state index contributed by atoms with van der Waals surface area (Å²) in [6.07, 6.45) is 0. The van der Waals surface area contributed by atoms with E-state index in [9.17, 15) is 4.39 Å². The van der Waals surface area contributed by atoms with Gasteiger partial charge in [0.2, 0.25) is 0 Å². The van der Waals surface area contributed by atoms with Crippen LogP contribution in [-0.2, 0) is 0 Å². The van der Waals surface area contributed by atoms with Crippen molar-refractivity contribution in [2.45, 2.75) is 0 Å². The molecule has 0 aromatic heterocycles. The van der Waals surface area contributed by atoms with Gasteiger partial charge in [0.25, 0.3) is 0 Å². The Kier molecular flexibility index (Phi) is 2.67. The molecule has 1 rings (SSSR count). The third kappa shape index (κ3) is 1.74. The van der Waals surface area contributed by atoms with Gasteiger partial charge in [-0.2, -0.15) is 0 Å². The Bertz CT molecular complexity index is 316. The molecule has 0 radical (unpaired) electrons. The van der Waals surface area contributed by atoms with Gasteiger partial charge in [0, 0.05) is 0 Å². The standard InChI is InChI=1S/C9H9FN2/c10-8-4-1-5-9(12)7(8)3-2-6-11/h1,4-5H,6,11-12H2. The highest BCUT2D eigenvalue weighted by Gasteiger charge is 2.00. The second-order valence-corrected chi connectivity index (χ2v) is 2.21. The van der Waals surface area contributed by atoms with Gasteiger partial charge in [-0.05, 0) is 12.1 Å². The lowest BCUT2D eigenvalue weighted by Crippen LogP contribution is -1.96. The van der Waals surface area contributed by atoms with Crippen LogP contribution in [0.25, 0.3) is 0 Å². The van der Waals surface area contributed by atoms with Crippen molar-refractivity contribution >= 4 is 5.69 Å². The van der Waals surface area contributed by atoms with E-state index in [1.54, 1.807) is 6.07 Å². The zero-order chi connectivity index (χ0) is 8.97. The lowest BCUT2D eigenvalue weighted by atomic mass is 10.2. The first-order chi connectivity index (χ1) is 5.75. The highest BCUT2D eigenvalue weighted by molar-refractivity contribution is 5.56. The van der Waals surface area contributed by atoms with Crippen molar-refractivity contribution in [1.29, 1.82) is 0 Å². The quantitative estimate of drug-likeness (QED) is 0.438. The first kappa shape index (κ1) is 8.57. The highest BCUT2D eigenvalue weighted by Crippen LogP contribution is 2.13. The number of benzene rings is 1. The summed E-state index contributed by atoms with van der Waals surface area (Å²) in [5.74, 6) is 4.70. The predicted octanol–water partition coefficient (Wildman–Crippen LogP) is 0.718. The fourth-order valence-corrected chi connectivity index (χ4v) is 0.812. The molecule has 3 heteroatoms. The molecule has 0 aliphatic heterocycles. The molecule has 4 N–H and O–H groups in total. The zero-order valence-corrected chi connectivity index (χ0v) is 6.47. The van der Waals surface area contributed by atoms with E-state index in [-0.39, 0.29) is 12.1 Å². The van der Waals surface area contributed by atoms with Crippen LogP contribution in [0.5, 0.6) is 0 Å². The first-order valence-electron chi connectivity index (χ1n) is 3.48. The first-order valence-corrected chi connectivity index (χ1v) is 3.48. The van der Waals surface area contributed by atoms with E-state index in [1.165, 1.54) is 12.1 Å². The molecule has 2 nitrogen and oxygen atoms in total. The van der Waals surface area contributed by atoms with Gasteiger partial charge in [-0.1, -0.05) is 17.9 Å². The van der Waals surface area contributed by atoms with Crippen molar-refractivity contribution in [3.63, 3.8) is 0 Å². The van der Waals surface area contributed by atoms with Gasteiger partial charge >= 0.3 is 0 Å². The number of hydrogen-bond acceptors (Lipinski definition) is 2. The number of rotatable bonds is 0. The van der Waals surface area contributed by atoms with Crippen LogP contribution in [0.2, 0.25) is 0 Å². The Morgan fingerprint density at radius 1 is 1.42 bits per heavy atom. The van der Waals surface area contributed by atoms with Gasteiger partial charge in [0.15, 0.2) is 0 Å². The topological polar surface area (TPSA) is 52.0 Å². The van der Waals surface area contributed by atoms with Crippen LogP contribution in [0.3, 0.4) is 0 Å². The van der Waals surface area contributed by atoms with Crippen molar-refractivity contribution in [3.8, 4) is 11.8 Å². The molecule has 0 unspecified atom stereocenters. The second kappa shape index (κ2) is 3.74. The van der Waals surface area contributed by atoms with E-state index < -0.39 is 5.82 Å². The van der Waals surface area contributed by atoms with E-state index >= 15 is 0 Å². The molecule has 0 saturated carbocycles. The minimum atomic E-state index is -0.407. The van der Waals surface area contributed by atoms with Crippen LogP contribution in [0.1, 0.15) is 5.56 Å². The average molecular weight is 164 g/mol. The van der Waals surface area contributed by atoms with Gasteiger partial charge in [-0.3, -0.25) is 0 Å². The van der Waals surface area contributed by atoms with Crippen molar-refractivity contribution in [1.82, 2.24) is 0 Å². The SMILES string of the molecule is NCC#Cc1c(N)cccc1F. The Morgan fingerprint density at radius 3 is 2.75 bits per heavy atom. The van der Waals surface area contributed by atoms with E-state index in [0.29, 0.717) is 5.69 Å². The molecule has 62 valence electrons. The van der Waals surface area contributed by atoms with Gasteiger partial charge in [-0.25, -0.2) is 4.39 Å². The predicted molar refractivity (Wildman–Crippen MR) is 46.7 cm³/mol. The molecule has 0 aliphatic rings. The molecule has 1 aromatic rings. The molecule has 0 atom stereocenters. The lowest BCUT2D eigenvalue weighted by Gasteiger charge is -1.97. The largest absolute Gasteiger partial charge is 0.398 e. The third-order valence-corrected chi connectivity index (χ3v) is 1.36. The van der Waals surface area contributed by atoms with E-state index in [2.05, 4.69) is 11.8 Å². The molecule has 0 fully saturated rings. The maximum Gasteiger partial charge on any atom is 0.140 e. The van der Waals surface area contributed by atoms with Crippen molar-refractivity contribution in [2.75, 3.05) is 12.3 Å². The molecular formula is C9H9FN2. The molecule has 0 spiro atoms. The van der Waals surface area contributed by atoms with Crippen molar-refractivity contribution in [2.24, 2.45) is 5.73 Å². The Hall–Kier alpha value is -1.53. The molecule has 0 heterocycles. The van der Waals surface area contributed by atoms with Crippen molar-refractivity contribution in [3.05, 3.63) is 29.6 Å². The summed E-state index contributed by atoms with van der Waals surface area (Å²) in [5, 5.41) is 0. The number of nitrogen functional groups attached to an aromatic ring is 1. The number of halogens is 1. The van der Waals surface area contributed by atoms with Gasteiger partial charge in [0.05, 0.1) is 17.8 Å². The summed E-state index contributed by atoms with van der Waals surface area (Å²) in [4.78, 5) is 0. The molecule has 12 heavy (non-hydrogen) atoms.